The molecule has 16 heavy (non-hydrogen) atoms. The average Bonchev–Trinajstić information content (AvgIpc) is 2.62. The number of carboxylic acid groups (broad SMARTS) is 1. The number of carbonyl (C=O) groups is 2. The number of hydrogen-bond acceptors (Lipinski definition) is 3. The molecule has 0 aliphatic rings. The van der Waals surface area contributed by atoms with Crippen molar-refractivity contribution >= 4 is 34.8 Å². The molecule has 1 heterocycles. The Kier molecular flexibility index (Phi) is 4.76. The fourth-order valence-electron chi connectivity index (χ4n) is 1.27. The molecule has 1 aromatic rings. The number of nitrogens with zero attached hydrogens (tertiary/aromatic N) is 1. The van der Waals surface area contributed by atoms with Gasteiger partial charge in [-0.25, -0.2) is 0 Å². The highest BCUT2D eigenvalue weighted by molar-refractivity contribution is 7.12. The summed E-state index contributed by atoms with van der Waals surface area (Å²) < 4.78 is 0. The summed E-state index contributed by atoms with van der Waals surface area (Å²) in [6.45, 7) is 2.05. The van der Waals surface area contributed by atoms with E-state index >= 15 is 0 Å². The van der Waals surface area contributed by atoms with E-state index in [9.17, 15) is 9.59 Å². The zero-order chi connectivity index (χ0) is 12.1. The van der Waals surface area contributed by atoms with E-state index < -0.39 is 5.97 Å². The van der Waals surface area contributed by atoms with Crippen molar-refractivity contribution < 1.29 is 14.7 Å². The molecule has 0 atom stereocenters. The highest BCUT2D eigenvalue weighted by Gasteiger charge is 2.19. The maximum atomic E-state index is 11.9. The highest BCUT2D eigenvalue weighted by Crippen LogP contribution is 2.20. The Labute approximate surface area is 102 Å². The van der Waals surface area contributed by atoms with Gasteiger partial charge in [0.2, 0.25) is 0 Å². The summed E-state index contributed by atoms with van der Waals surface area (Å²) in [5.74, 6) is -1.29. The number of carboxylic acids is 1. The van der Waals surface area contributed by atoms with Crippen LogP contribution < -0.4 is 0 Å². The van der Waals surface area contributed by atoms with Crippen LogP contribution in [0.1, 0.15) is 23.0 Å². The molecule has 88 valence electrons. The van der Waals surface area contributed by atoms with Crippen LogP contribution in [0.5, 0.6) is 0 Å². The van der Waals surface area contributed by atoms with Crippen molar-refractivity contribution in [2.75, 3.05) is 13.1 Å². The standard InChI is InChI=1S/C10H12ClNO3S/c1-2-3-12(5-9(13)14)10(15)8-4-7(11)6-16-8/h4,6H,2-3,5H2,1H3,(H,13,14). The molecule has 4 nitrogen and oxygen atoms in total. The molecule has 1 rings (SSSR count). The zero-order valence-electron chi connectivity index (χ0n) is 8.77. The summed E-state index contributed by atoms with van der Waals surface area (Å²) in [4.78, 5) is 24.3. The molecule has 1 aromatic heterocycles. The largest absolute Gasteiger partial charge is 0.480 e. The molecule has 0 unspecified atom stereocenters. The summed E-state index contributed by atoms with van der Waals surface area (Å²) >= 11 is 6.94. The van der Waals surface area contributed by atoms with Gasteiger partial charge in [0, 0.05) is 11.9 Å². The van der Waals surface area contributed by atoms with E-state index in [0.29, 0.717) is 16.4 Å². The molecule has 0 aliphatic heterocycles. The molecule has 6 heteroatoms. The van der Waals surface area contributed by atoms with Crippen LogP contribution in [0, 0.1) is 0 Å². The van der Waals surface area contributed by atoms with Gasteiger partial charge in [0.25, 0.3) is 5.91 Å². The van der Waals surface area contributed by atoms with Crippen LogP contribution in [0.2, 0.25) is 5.02 Å². The Balaban J connectivity index is 2.78. The molecule has 0 radical (unpaired) electrons. The summed E-state index contributed by atoms with van der Waals surface area (Å²) in [5, 5.41) is 10.8. The van der Waals surface area contributed by atoms with Crippen molar-refractivity contribution in [2.24, 2.45) is 0 Å². The first-order chi connectivity index (χ1) is 7.54. The van der Waals surface area contributed by atoms with Gasteiger partial charge in [0.15, 0.2) is 0 Å². The third-order valence-corrected chi connectivity index (χ3v) is 3.15. The van der Waals surface area contributed by atoms with Crippen molar-refractivity contribution in [3.63, 3.8) is 0 Å². The van der Waals surface area contributed by atoms with Gasteiger partial charge < -0.3 is 10.0 Å². The van der Waals surface area contributed by atoms with E-state index in [1.165, 1.54) is 16.2 Å². The maximum absolute atomic E-state index is 11.9. The van der Waals surface area contributed by atoms with Gasteiger partial charge in [-0.05, 0) is 12.5 Å². The molecule has 0 aliphatic carbocycles. The van der Waals surface area contributed by atoms with E-state index in [1.807, 2.05) is 6.92 Å². The zero-order valence-corrected chi connectivity index (χ0v) is 10.3. The first-order valence-electron chi connectivity index (χ1n) is 4.79. The first kappa shape index (κ1) is 13.0. The Hall–Kier alpha value is -1.07. The minimum Gasteiger partial charge on any atom is -0.480 e. The maximum Gasteiger partial charge on any atom is 0.323 e. The molecule has 0 saturated carbocycles. The molecular formula is C10H12ClNO3S. The predicted molar refractivity (Wildman–Crippen MR) is 63.2 cm³/mol. The van der Waals surface area contributed by atoms with Gasteiger partial charge in [0.05, 0.1) is 9.90 Å². The molecular weight excluding hydrogens is 250 g/mol. The molecule has 0 fully saturated rings. The van der Waals surface area contributed by atoms with Crippen molar-refractivity contribution in [1.29, 1.82) is 0 Å². The summed E-state index contributed by atoms with van der Waals surface area (Å²) in [6, 6.07) is 1.55. The number of aliphatic carboxylic acids is 1. The van der Waals surface area contributed by atoms with Crippen molar-refractivity contribution in [2.45, 2.75) is 13.3 Å². The summed E-state index contributed by atoms with van der Waals surface area (Å²) in [5.41, 5.74) is 0. The molecule has 1 amide bonds. The van der Waals surface area contributed by atoms with Gasteiger partial charge in [-0.3, -0.25) is 9.59 Å². The summed E-state index contributed by atoms with van der Waals surface area (Å²) in [6.07, 6.45) is 0.720. The first-order valence-corrected chi connectivity index (χ1v) is 6.05. The Bertz CT molecular complexity index is 391. The molecule has 0 aromatic carbocycles. The number of hydrogen-bond donors (Lipinski definition) is 1. The lowest BCUT2D eigenvalue weighted by atomic mass is 10.3. The quantitative estimate of drug-likeness (QED) is 0.885. The van der Waals surface area contributed by atoms with Gasteiger partial charge in [-0.15, -0.1) is 11.3 Å². The van der Waals surface area contributed by atoms with Crippen LogP contribution >= 0.6 is 22.9 Å². The molecule has 0 spiro atoms. The minimum absolute atomic E-state index is 0.276. The molecule has 1 N–H and O–H groups in total. The third kappa shape index (κ3) is 3.50. The molecule has 0 saturated heterocycles. The fourth-order valence-corrected chi connectivity index (χ4v) is 2.31. The average molecular weight is 262 g/mol. The van der Waals surface area contributed by atoms with E-state index in [1.54, 1.807) is 11.4 Å². The topological polar surface area (TPSA) is 57.6 Å². The third-order valence-electron chi connectivity index (χ3n) is 1.89. The van der Waals surface area contributed by atoms with Gasteiger partial charge in [-0.2, -0.15) is 0 Å². The van der Waals surface area contributed by atoms with Gasteiger partial charge in [-0.1, -0.05) is 18.5 Å². The number of amides is 1. The van der Waals surface area contributed by atoms with E-state index in [0.717, 1.165) is 6.42 Å². The number of thiophene rings is 1. The monoisotopic (exact) mass is 261 g/mol. The Morgan fingerprint density at radius 1 is 1.56 bits per heavy atom. The second-order valence-corrected chi connectivity index (χ2v) is 4.60. The van der Waals surface area contributed by atoms with Crippen molar-refractivity contribution in [3.8, 4) is 0 Å². The van der Waals surface area contributed by atoms with E-state index in [-0.39, 0.29) is 12.5 Å². The van der Waals surface area contributed by atoms with Crippen LogP contribution in [0.3, 0.4) is 0 Å². The number of rotatable bonds is 5. The van der Waals surface area contributed by atoms with Crippen molar-refractivity contribution in [3.05, 3.63) is 21.3 Å². The van der Waals surface area contributed by atoms with Crippen LogP contribution in [0.4, 0.5) is 0 Å². The smallest absolute Gasteiger partial charge is 0.323 e. The van der Waals surface area contributed by atoms with E-state index in [2.05, 4.69) is 0 Å². The Morgan fingerprint density at radius 3 is 2.69 bits per heavy atom. The van der Waals surface area contributed by atoms with Crippen LogP contribution in [-0.4, -0.2) is 35.0 Å². The van der Waals surface area contributed by atoms with Gasteiger partial charge >= 0.3 is 5.97 Å². The minimum atomic E-state index is -1.01. The lowest BCUT2D eigenvalue weighted by Crippen LogP contribution is -2.35. The normalized spacial score (nSPS) is 10.1. The van der Waals surface area contributed by atoms with E-state index in [4.69, 9.17) is 16.7 Å². The summed E-state index contributed by atoms with van der Waals surface area (Å²) in [7, 11) is 0. The molecule has 0 bridgehead atoms. The number of carbonyl (C=O) groups excluding carboxylic acids is 1. The second-order valence-electron chi connectivity index (χ2n) is 3.25. The number of halogens is 1. The van der Waals surface area contributed by atoms with Crippen LogP contribution in [0.15, 0.2) is 11.4 Å². The predicted octanol–water partition coefficient (Wildman–Crippen LogP) is 2.34. The lowest BCUT2D eigenvalue weighted by molar-refractivity contribution is -0.137. The van der Waals surface area contributed by atoms with Crippen LogP contribution in [0.25, 0.3) is 0 Å². The van der Waals surface area contributed by atoms with Gasteiger partial charge in [0.1, 0.15) is 6.54 Å². The van der Waals surface area contributed by atoms with Crippen molar-refractivity contribution in [1.82, 2.24) is 4.90 Å². The van der Waals surface area contributed by atoms with Crippen LogP contribution in [-0.2, 0) is 4.79 Å². The lowest BCUT2D eigenvalue weighted by Gasteiger charge is -2.18. The SMILES string of the molecule is CCCN(CC(=O)O)C(=O)c1cc(Cl)cs1. The Morgan fingerprint density at radius 2 is 2.25 bits per heavy atom. The highest BCUT2D eigenvalue weighted by atomic mass is 35.5. The second kappa shape index (κ2) is 5.86. The fraction of sp³-hybridized carbons (Fsp3) is 0.400.